The highest BCUT2D eigenvalue weighted by Gasteiger charge is 2.36. The predicted molar refractivity (Wildman–Crippen MR) is 79.1 cm³/mol. The summed E-state index contributed by atoms with van der Waals surface area (Å²) in [6.07, 6.45) is 7.23. The highest BCUT2D eigenvalue weighted by atomic mass is 35.5. The molecule has 1 saturated carbocycles. The van der Waals surface area contributed by atoms with Crippen molar-refractivity contribution < 1.29 is 9.90 Å². The maximum absolute atomic E-state index is 12.7. The summed E-state index contributed by atoms with van der Waals surface area (Å²) < 4.78 is 0. The van der Waals surface area contributed by atoms with Crippen LogP contribution in [-0.4, -0.2) is 28.5 Å². The van der Waals surface area contributed by atoms with E-state index in [-0.39, 0.29) is 11.7 Å². The third-order valence-electron chi connectivity index (χ3n) is 4.68. The molecule has 1 aromatic carbocycles. The van der Waals surface area contributed by atoms with Crippen molar-refractivity contribution in [3.05, 3.63) is 28.8 Å². The Bertz CT molecular complexity index is 511. The lowest BCUT2D eigenvalue weighted by molar-refractivity contribution is 0.0689. The Labute approximate surface area is 124 Å². The van der Waals surface area contributed by atoms with E-state index >= 15 is 0 Å². The lowest BCUT2D eigenvalue weighted by Crippen LogP contribution is -2.39. The van der Waals surface area contributed by atoms with Crippen LogP contribution < -0.4 is 0 Å². The van der Waals surface area contributed by atoms with Crippen molar-refractivity contribution in [3.8, 4) is 5.75 Å². The maximum Gasteiger partial charge on any atom is 0.255 e. The van der Waals surface area contributed by atoms with Crippen LogP contribution in [0, 0.1) is 5.92 Å². The molecule has 0 aromatic heterocycles. The van der Waals surface area contributed by atoms with Gasteiger partial charge in [0.15, 0.2) is 0 Å². The van der Waals surface area contributed by atoms with E-state index in [1.54, 1.807) is 6.07 Å². The van der Waals surface area contributed by atoms with Gasteiger partial charge in [0.1, 0.15) is 5.75 Å². The first-order valence-corrected chi connectivity index (χ1v) is 7.84. The van der Waals surface area contributed by atoms with Gasteiger partial charge in [0.25, 0.3) is 5.91 Å². The zero-order chi connectivity index (χ0) is 14.1. The van der Waals surface area contributed by atoms with Crippen LogP contribution in [0.25, 0.3) is 0 Å². The second kappa shape index (κ2) is 5.65. The van der Waals surface area contributed by atoms with E-state index in [1.807, 2.05) is 4.90 Å². The first-order valence-electron chi connectivity index (χ1n) is 7.46. The molecule has 108 valence electrons. The average Bonchev–Trinajstić information content (AvgIpc) is 3.10. The van der Waals surface area contributed by atoms with Crippen LogP contribution in [-0.2, 0) is 0 Å². The van der Waals surface area contributed by atoms with Gasteiger partial charge in [-0.05, 0) is 49.8 Å². The van der Waals surface area contributed by atoms with Crippen LogP contribution in [0.4, 0.5) is 0 Å². The normalized spacial score (nSPS) is 23.4. The second-order valence-corrected chi connectivity index (χ2v) is 6.32. The number of nitrogens with zero attached hydrogens (tertiary/aromatic N) is 1. The summed E-state index contributed by atoms with van der Waals surface area (Å²) in [4.78, 5) is 14.7. The lowest BCUT2D eigenvalue weighted by Gasteiger charge is -2.29. The average molecular weight is 294 g/mol. The van der Waals surface area contributed by atoms with Crippen LogP contribution in [0.3, 0.4) is 0 Å². The molecule has 0 spiro atoms. The molecule has 1 aromatic rings. The summed E-state index contributed by atoms with van der Waals surface area (Å²) in [6.45, 7) is 0.811. The van der Waals surface area contributed by atoms with Gasteiger partial charge >= 0.3 is 0 Å². The van der Waals surface area contributed by atoms with Crippen LogP contribution in [0.5, 0.6) is 5.75 Å². The summed E-state index contributed by atoms with van der Waals surface area (Å²) in [5.74, 6) is 0.715. The molecule has 1 heterocycles. The summed E-state index contributed by atoms with van der Waals surface area (Å²) in [7, 11) is 0. The van der Waals surface area contributed by atoms with Gasteiger partial charge in [-0.3, -0.25) is 4.79 Å². The molecule has 1 atom stereocenters. The fraction of sp³-hybridized carbons (Fsp3) is 0.562. The minimum atomic E-state index is -0.0275. The van der Waals surface area contributed by atoms with E-state index in [0.717, 1.165) is 19.4 Å². The van der Waals surface area contributed by atoms with Gasteiger partial charge in [-0.15, -0.1) is 0 Å². The number of amides is 1. The number of carbonyl (C=O) groups is 1. The number of likely N-dealkylation sites (tertiary alicyclic amines) is 1. The number of hydrogen-bond acceptors (Lipinski definition) is 2. The topological polar surface area (TPSA) is 40.5 Å². The van der Waals surface area contributed by atoms with Gasteiger partial charge in [0, 0.05) is 12.6 Å². The minimum absolute atomic E-state index is 0.0275. The number of hydrogen-bond donors (Lipinski definition) is 1. The van der Waals surface area contributed by atoms with Crippen molar-refractivity contribution in [2.24, 2.45) is 5.92 Å². The quantitative estimate of drug-likeness (QED) is 0.900. The van der Waals surface area contributed by atoms with Gasteiger partial charge in [0.2, 0.25) is 0 Å². The molecule has 1 aliphatic carbocycles. The van der Waals surface area contributed by atoms with Crippen molar-refractivity contribution in [2.75, 3.05) is 6.54 Å². The maximum atomic E-state index is 12.7. The zero-order valence-electron chi connectivity index (χ0n) is 11.5. The monoisotopic (exact) mass is 293 g/mol. The van der Waals surface area contributed by atoms with Crippen molar-refractivity contribution in [1.29, 1.82) is 0 Å². The predicted octanol–water partition coefficient (Wildman–Crippen LogP) is 3.84. The van der Waals surface area contributed by atoms with Crippen molar-refractivity contribution in [2.45, 2.75) is 44.6 Å². The van der Waals surface area contributed by atoms with E-state index in [0.29, 0.717) is 22.5 Å². The second-order valence-electron chi connectivity index (χ2n) is 5.92. The van der Waals surface area contributed by atoms with Crippen LogP contribution in [0.1, 0.15) is 48.9 Å². The smallest absolute Gasteiger partial charge is 0.255 e. The summed E-state index contributed by atoms with van der Waals surface area (Å²) in [5, 5.41) is 10.00. The van der Waals surface area contributed by atoms with E-state index in [2.05, 4.69) is 0 Å². The number of phenols is 1. The number of carbonyl (C=O) groups excluding carboxylic acids is 1. The molecule has 1 aliphatic heterocycles. The number of halogens is 1. The molecule has 2 aliphatic rings. The first-order chi connectivity index (χ1) is 9.66. The largest absolute Gasteiger partial charge is 0.508 e. The molecule has 1 saturated heterocycles. The Balaban J connectivity index is 1.83. The van der Waals surface area contributed by atoms with Crippen molar-refractivity contribution in [3.63, 3.8) is 0 Å². The molecule has 1 unspecified atom stereocenters. The molecule has 3 rings (SSSR count). The molecule has 3 nitrogen and oxygen atoms in total. The Hall–Kier alpha value is -1.22. The van der Waals surface area contributed by atoms with Crippen molar-refractivity contribution in [1.82, 2.24) is 4.90 Å². The molecule has 2 fully saturated rings. The Morgan fingerprint density at radius 3 is 2.70 bits per heavy atom. The third-order valence-corrected chi connectivity index (χ3v) is 5.01. The zero-order valence-corrected chi connectivity index (χ0v) is 12.3. The molecule has 1 amide bonds. The summed E-state index contributed by atoms with van der Waals surface area (Å²) >= 11 is 6.12. The lowest BCUT2D eigenvalue weighted by atomic mass is 9.95. The van der Waals surface area contributed by atoms with Crippen molar-refractivity contribution >= 4 is 17.5 Å². The highest BCUT2D eigenvalue weighted by Crippen LogP contribution is 2.36. The fourth-order valence-electron chi connectivity index (χ4n) is 3.71. The minimum Gasteiger partial charge on any atom is -0.508 e. The fourth-order valence-corrected chi connectivity index (χ4v) is 3.91. The Kier molecular flexibility index (Phi) is 3.88. The molecular formula is C16H20ClNO2. The van der Waals surface area contributed by atoms with E-state index < -0.39 is 0 Å². The van der Waals surface area contributed by atoms with Gasteiger partial charge in [0.05, 0.1) is 10.6 Å². The molecule has 0 bridgehead atoms. The third kappa shape index (κ3) is 2.51. The van der Waals surface area contributed by atoms with Crippen LogP contribution >= 0.6 is 11.6 Å². The number of rotatable bonds is 2. The van der Waals surface area contributed by atoms with Gasteiger partial charge in [-0.1, -0.05) is 24.4 Å². The molecule has 0 radical (unpaired) electrons. The number of phenolic OH excluding ortho intramolecular Hbond substituents is 1. The summed E-state index contributed by atoms with van der Waals surface area (Å²) in [6, 6.07) is 4.94. The molecular weight excluding hydrogens is 274 g/mol. The highest BCUT2D eigenvalue weighted by molar-refractivity contribution is 6.33. The van der Waals surface area contributed by atoms with Crippen LogP contribution in [0.15, 0.2) is 18.2 Å². The molecule has 1 N–H and O–H groups in total. The standard InChI is InChI=1S/C16H20ClNO2/c17-14-8-7-12(19)10-13(14)16(20)18-9-3-6-15(18)11-4-1-2-5-11/h7-8,10-11,15,19H,1-6,9H2. The van der Waals surface area contributed by atoms with Gasteiger partial charge < -0.3 is 10.0 Å². The first kappa shape index (κ1) is 13.7. The van der Waals surface area contributed by atoms with Gasteiger partial charge in [-0.2, -0.15) is 0 Å². The Morgan fingerprint density at radius 1 is 1.20 bits per heavy atom. The Morgan fingerprint density at radius 2 is 1.95 bits per heavy atom. The molecule has 4 heteroatoms. The number of aromatic hydroxyl groups is 1. The van der Waals surface area contributed by atoms with Gasteiger partial charge in [-0.25, -0.2) is 0 Å². The summed E-state index contributed by atoms with van der Waals surface area (Å²) in [5.41, 5.74) is 0.427. The van der Waals surface area contributed by atoms with E-state index in [1.165, 1.54) is 37.8 Å². The van der Waals surface area contributed by atoms with Crippen LogP contribution in [0.2, 0.25) is 5.02 Å². The molecule has 20 heavy (non-hydrogen) atoms. The number of benzene rings is 1. The van der Waals surface area contributed by atoms with E-state index in [9.17, 15) is 9.90 Å². The SMILES string of the molecule is O=C(c1cc(O)ccc1Cl)N1CCCC1C1CCCC1. The van der Waals surface area contributed by atoms with E-state index in [4.69, 9.17) is 11.6 Å².